The Kier molecular flexibility index (Phi) is 4.32. The molecule has 4 rings (SSSR count). The number of hydrogen-bond donors (Lipinski definition) is 1. The lowest BCUT2D eigenvalue weighted by Crippen LogP contribution is -2.11. The highest BCUT2D eigenvalue weighted by Crippen LogP contribution is 2.26. The highest BCUT2D eigenvalue weighted by atomic mass is 32.2. The normalized spacial score (nSPS) is 11.0. The van der Waals surface area contributed by atoms with Crippen LogP contribution in [-0.2, 0) is 5.75 Å². The van der Waals surface area contributed by atoms with Crippen molar-refractivity contribution in [3.63, 3.8) is 0 Å². The third-order valence-corrected chi connectivity index (χ3v) is 4.46. The van der Waals surface area contributed by atoms with Crippen LogP contribution in [0.2, 0.25) is 0 Å². The number of thioether (sulfide) groups is 1. The second-order valence-corrected chi connectivity index (χ2v) is 6.11. The van der Waals surface area contributed by atoms with Crippen LogP contribution in [-0.4, -0.2) is 32.2 Å². The molecule has 4 aromatic rings. The van der Waals surface area contributed by atoms with Gasteiger partial charge in [0.1, 0.15) is 5.75 Å². The number of ether oxygens (including phenoxy) is 1. The average molecular weight is 370 g/mol. The zero-order valence-electron chi connectivity index (χ0n) is 13.7. The van der Waals surface area contributed by atoms with E-state index in [0.717, 1.165) is 11.3 Å². The first-order valence-electron chi connectivity index (χ1n) is 7.58. The molecule has 3 aromatic heterocycles. The maximum absolute atomic E-state index is 6.11. The first kappa shape index (κ1) is 16.2. The van der Waals surface area contributed by atoms with E-state index in [9.17, 15) is 0 Å². The minimum atomic E-state index is 0.332. The molecular weight excluding hydrogens is 356 g/mol. The van der Waals surface area contributed by atoms with Gasteiger partial charge in [0.2, 0.25) is 11.0 Å². The molecule has 0 atom stereocenters. The number of hydrogen-bond acceptors (Lipinski definition) is 9. The number of aromatic nitrogens is 5. The van der Waals surface area contributed by atoms with Gasteiger partial charge < -0.3 is 19.4 Å². The van der Waals surface area contributed by atoms with Gasteiger partial charge in [-0.3, -0.25) is 0 Å². The number of methoxy groups -OCH3 is 1. The van der Waals surface area contributed by atoms with Gasteiger partial charge in [-0.2, -0.15) is 0 Å². The van der Waals surface area contributed by atoms with Crippen LogP contribution < -0.4 is 10.6 Å². The van der Waals surface area contributed by atoms with Crippen LogP contribution >= 0.6 is 11.8 Å². The molecule has 9 nitrogen and oxygen atoms in total. The Morgan fingerprint density at radius 2 is 1.96 bits per heavy atom. The third kappa shape index (κ3) is 3.14. The summed E-state index contributed by atoms with van der Waals surface area (Å²) in [6.07, 6.45) is 1.55. The van der Waals surface area contributed by atoms with E-state index in [1.54, 1.807) is 25.5 Å². The van der Waals surface area contributed by atoms with Crippen molar-refractivity contribution in [2.45, 2.75) is 10.9 Å². The first-order chi connectivity index (χ1) is 12.7. The van der Waals surface area contributed by atoms with Gasteiger partial charge in [0.25, 0.3) is 5.89 Å². The molecule has 0 saturated heterocycles. The Balaban J connectivity index is 1.46. The lowest BCUT2D eigenvalue weighted by Gasteiger charge is -2.04. The molecule has 0 saturated carbocycles. The summed E-state index contributed by atoms with van der Waals surface area (Å²) in [5.41, 5.74) is 0.838. The van der Waals surface area contributed by atoms with Gasteiger partial charge in [-0.25, -0.2) is 4.68 Å². The van der Waals surface area contributed by atoms with Crippen molar-refractivity contribution < 1.29 is 13.6 Å². The summed E-state index contributed by atoms with van der Waals surface area (Å²) in [6, 6.07) is 10.9. The predicted molar refractivity (Wildman–Crippen MR) is 93.7 cm³/mol. The number of nitrogen functional groups attached to an aromatic ring is 1. The largest absolute Gasteiger partial charge is 0.497 e. The molecule has 0 amide bonds. The third-order valence-electron chi connectivity index (χ3n) is 3.54. The van der Waals surface area contributed by atoms with E-state index in [-0.39, 0.29) is 0 Å². The molecule has 0 aliphatic heterocycles. The molecule has 0 unspecified atom stereocenters. The summed E-state index contributed by atoms with van der Waals surface area (Å²) in [6.45, 7) is 0. The van der Waals surface area contributed by atoms with Crippen LogP contribution in [0.15, 0.2) is 56.7 Å². The van der Waals surface area contributed by atoms with Crippen molar-refractivity contribution in [3.8, 4) is 28.8 Å². The Bertz CT molecular complexity index is 994. The molecular formula is C16H14N6O3S. The molecule has 1 aromatic carbocycles. The van der Waals surface area contributed by atoms with Gasteiger partial charge >= 0.3 is 0 Å². The summed E-state index contributed by atoms with van der Waals surface area (Å²) in [5.74, 6) is 9.13. The molecule has 0 aliphatic rings. The molecule has 0 fully saturated rings. The van der Waals surface area contributed by atoms with Crippen molar-refractivity contribution >= 4 is 11.8 Å². The van der Waals surface area contributed by atoms with Gasteiger partial charge in [-0.05, 0) is 36.4 Å². The van der Waals surface area contributed by atoms with E-state index in [0.29, 0.717) is 34.3 Å². The maximum atomic E-state index is 6.11. The fourth-order valence-corrected chi connectivity index (χ4v) is 2.94. The Labute approximate surface area is 152 Å². The molecule has 132 valence electrons. The standard InChI is InChI=1S/C16H14N6O3S/c1-23-11-6-4-10(5-7-11)14-19-21-16(22(14)17)26-9-13-18-20-15(25-13)12-3-2-8-24-12/h2-8H,9,17H2,1H3. The van der Waals surface area contributed by atoms with E-state index in [1.807, 2.05) is 24.3 Å². The zero-order valence-corrected chi connectivity index (χ0v) is 14.5. The van der Waals surface area contributed by atoms with Crippen molar-refractivity contribution in [2.75, 3.05) is 13.0 Å². The molecule has 0 bridgehead atoms. The van der Waals surface area contributed by atoms with Crippen LogP contribution in [0, 0.1) is 0 Å². The van der Waals surface area contributed by atoms with Crippen LogP contribution in [0.4, 0.5) is 0 Å². The topological polar surface area (TPSA) is 118 Å². The van der Waals surface area contributed by atoms with Gasteiger partial charge in [-0.1, -0.05) is 11.8 Å². The van der Waals surface area contributed by atoms with Crippen LogP contribution in [0.1, 0.15) is 5.89 Å². The smallest absolute Gasteiger partial charge is 0.283 e. The maximum Gasteiger partial charge on any atom is 0.283 e. The van der Waals surface area contributed by atoms with E-state index in [4.69, 9.17) is 19.4 Å². The summed E-state index contributed by atoms with van der Waals surface area (Å²) in [4.78, 5) is 0. The van der Waals surface area contributed by atoms with Crippen molar-refractivity contribution in [3.05, 3.63) is 48.6 Å². The number of furan rings is 1. The van der Waals surface area contributed by atoms with Gasteiger partial charge in [0.05, 0.1) is 19.1 Å². The predicted octanol–water partition coefficient (Wildman–Crippen LogP) is 2.60. The number of nitrogens with two attached hydrogens (primary N) is 1. The van der Waals surface area contributed by atoms with E-state index in [1.165, 1.54) is 16.4 Å². The van der Waals surface area contributed by atoms with Crippen molar-refractivity contribution in [1.29, 1.82) is 0 Å². The molecule has 10 heteroatoms. The summed E-state index contributed by atoms with van der Waals surface area (Å²) in [5, 5.41) is 16.7. The van der Waals surface area contributed by atoms with E-state index < -0.39 is 0 Å². The lowest BCUT2D eigenvalue weighted by molar-refractivity contribution is 0.415. The minimum absolute atomic E-state index is 0.332. The number of rotatable bonds is 6. The fraction of sp³-hybridized carbons (Fsp3) is 0.125. The van der Waals surface area contributed by atoms with Crippen molar-refractivity contribution in [1.82, 2.24) is 25.1 Å². The first-order valence-corrected chi connectivity index (χ1v) is 8.57. The lowest BCUT2D eigenvalue weighted by atomic mass is 10.2. The van der Waals surface area contributed by atoms with E-state index in [2.05, 4.69) is 20.4 Å². The Morgan fingerprint density at radius 3 is 2.69 bits per heavy atom. The number of nitrogens with zero attached hydrogens (tertiary/aromatic N) is 5. The van der Waals surface area contributed by atoms with E-state index >= 15 is 0 Å². The summed E-state index contributed by atoms with van der Waals surface area (Å²) >= 11 is 1.35. The SMILES string of the molecule is COc1ccc(-c2nnc(SCc3nnc(-c4ccco4)o3)n2N)cc1. The molecule has 3 heterocycles. The Hall–Kier alpha value is -3.27. The van der Waals surface area contributed by atoms with Gasteiger partial charge in [0.15, 0.2) is 11.6 Å². The van der Waals surface area contributed by atoms with Gasteiger partial charge in [0, 0.05) is 5.56 Å². The summed E-state index contributed by atoms with van der Waals surface area (Å²) < 4.78 is 17.4. The highest BCUT2D eigenvalue weighted by Gasteiger charge is 2.15. The fourth-order valence-electron chi connectivity index (χ4n) is 2.25. The summed E-state index contributed by atoms with van der Waals surface area (Å²) in [7, 11) is 1.62. The van der Waals surface area contributed by atoms with Crippen molar-refractivity contribution in [2.24, 2.45) is 0 Å². The molecule has 0 spiro atoms. The zero-order chi connectivity index (χ0) is 17.9. The quantitative estimate of drug-likeness (QED) is 0.403. The highest BCUT2D eigenvalue weighted by molar-refractivity contribution is 7.98. The van der Waals surface area contributed by atoms with Gasteiger partial charge in [-0.15, -0.1) is 20.4 Å². The average Bonchev–Trinajstić information content (AvgIpc) is 3.41. The number of benzene rings is 1. The molecule has 26 heavy (non-hydrogen) atoms. The molecule has 0 radical (unpaired) electrons. The monoisotopic (exact) mass is 370 g/mol. The second kappa shape index (κ2) is 6.92. The van der Waals surface area contributed by atoms with Crippen LogP contribution in [0.3, 0.4) is 0 Å². The van der Waals surface area contributed by atoms with Crippen LogP contribution in [0.5, 0.6) is 5.75 Å². The molecule has 0 aliphatic carbocycles. The van der Waals surface area contributed by atoms with Crippen LogP contribution in [0.25, 0.3) is 23.0 Å². The molecule has 2 N–H and O–H groups in total. The minimum Gasteiger partial charge on any atom is -0.497 e. The Morgan fingerprint density at radius 1 is 1.12 bits per heavy atom. The second-order valence-electron chi connectivity index (χ2n) is 5.17.